The van der Waals surface area contributed by atoms with Crippen molar-refractivity contribution in [2.75, 3.05) is 47.2 Å². The fraction of sp³-hybridized carbons (Fsp3) is 0.417. The van der Waals surface area contributed by atoms with Crippen molar-refractivity contribution >= 4 is 11.8 Å². The molecule has 8 nitrogen and oxygen atoms in total. The third-order valence-corrected chi connectivity index (χ3v) is 6.41. The van der Waals surface area contributed by atoms with E-state index in [1.54, 1.807) is 37.3 Å². The van der Waals surface area contributed by atoms with Gasteiger partial charge in [0.15, 0.2) is 11.5 Å². The lowest BCUT2D eigenvalue weighted by Crippen LogP contribution is -2.51. The van der Waals surface area contributed by atoms with E-state index in [4.69, 9.17) is 18.9 Å². The minimum absolute atomic E-state index is 0.000249. The quantitative estimate of drug-likeness (QED) is 0.714. The summed E-state index contributed by atoms with van der Waals surface area (Å²) in [6, 6.07) is 11.1. The average Bonchev–Trinajstić information content (AvgIpc) is 3.51. The maximum absolute atomic E-state index is 13.0. The van der Waals surface area contributed by atoms with E-state index in [0.29, 0.717) is 43.2 Å². The van der Waals surface area contributed by atoms with Crippen LogP contribution >= 0.6 is 0 Å². The lowest BCUT2D eigenvalue weighted by Gasteiger charge is -2.35. The number of hydrogen-bond acceptors (Lipinski definition) is 6. The highest BCUT2D eigenvalue weighted by molar-refractivity contribution is 5.95. The number of hydrogen-bond donors (Lipinski definition) is 0. The Morgan fingerprint density at radius 1 is 0.875 bits per heavy atom. The largest absolute Gasteiger partial charge is 0.497 e. The fourth-order valence-electron chi connectivity index (χ4n) is 4.46. The molecule has 2 atom stereocenters. The number of methoxy groups -OCH3 is 2. The van der Waals surface area contributed by atoms with Crippen LogP contribution in [0.15, 0.2) is 36.4 Å². The molecule has 0 radical (unpaired) electrons. The van der Waals surface area contributed by atoms with Gasteiger partial charge in [0.05, 0.1) is 14.2 Å². The van der Waals surface area contributed by atoms with E-state index in [1.807, 2.05) is 23.1 Å². The van der Waals surface area contributed by atoms with Gasteiger partial charge in [-0.25, -0.2) is 0 Å². The number of carbonyl (C=O) groups is 2. The highest BCUT2D eigenvalue weighted by Crippen LogP contribution is 2.50. The van der Waals surface area contributed by atoms with Crippen molar-refractivity contribution in [1.29, 1.82) is 0 Å². The Balaban J connectivity index is 1.18. The number of benzene rings is 2. The molecular formula is C24H26N2O6. The first kappa shape index (κ1) is 20.5. The van der Waals surface area contributed by atoms with Gasteiger partial charge in [-0.3, -0.25) is 9.59 Å². The Morgan fingerprint density at radius 2 is 1.53 bits per heavy atom. The smallest absolute Gasteiger partial charge is 0.254 e. The molecule has 1 saturated carbocycles. The topological polar surface area (TPSA) is 77.5 Å². The Labute approximate surface area is 186 Å². The molecular weight excluding hydrogens is 412 g/mol. The van der Waals surface area contributed by atoms with Crippen LogP contribution in [0.3, 0.4) is 0 Å². The Bertz CT molecular complexity index is 1020. The predicted octanol–water partition coefficient (Wildman–Crippen LogP) is 2.52. The van der Waals surface area contributed by atoms with Gasteiger partial charge in [0.1, 0.15) is 11.5 Å². The van der Waals surface area contributed by atoms with Gasteiger partial charge in [0.2, 0.25) is 12.7 Å². The van der Waals surface area contributed by atoms with Gasteiger partial charge in [0.25, 0.3) is 5.91 Å². The molecule has 2 aliphatic heterocycles. The molecule has 8 heteroatoms. The summed E-state index contributed by atoms with van der Waals surface area (Å²) in [4.78, 5) is 29.7. The molecule has 2 unspecified atom stereocenters. The lowest BCUT2D eigenvalue weighted by molar-refractivity contribution is -0.134. The molecule has 0 aromatic heterocycles. The molecule has 2 amide bonds. The summed E-state index contributed by atoms with van der Waals surface area (Å²) in [6.07, 6.45) is 0.848. The van der Waals surface area contributed by atoms with Crippen LogP contribution in [0.4, 0.5) is 0 Å². The van der Waals surface area contributed by atoms with E-state index >= 15 is 0 Å². The van der Waals surface area contributed by atoms with Gasteiger partial charge in [-0.15, -0.1) is 0 Å². The van der Waals surface area contributed by atoms with Crippen molar-refractivity contribution < 1.29 is 28.5 Å². The Kier molecular flexibility index (Phi) is 5.28. The number of ether oxygens (including phenoxy) is 4. The first-order chi connectivity index (χ1) is 15.6. The number of fused-ring (bicyclic) bond motifs is 1. The first-order valence-electron chi connectivity index (χ1n) is 10.8. The van der Waals surface area contributed by atoms with E-state index in [9.17, 15) is 9.59 Å². The standard InChI is InChI=1S/C24H26N2O6/c1-29-17-9-16(10-18(12-17)30-2)23(27)25-5-7-26(8-6-25)24(28)20-13-19(20)15-3-4-21-22(11-15)32-14-31-21/h3-4,9-12,19-20H,5-8,13-14H2,1-2H3. The van der Waals surface area contributed by atoms with Crippen LogP contribution in [-0.2, 0) is 4.79 Å². The highest BCUT2D eigenvalue weighted by atomic mass is 16.7. The van der Waals surface area contributed by atoms with Gasteiger partial charge in [-0.1, -0.05) is 6.07 Å². The van der Waals surface area contributed by atoms with Crippen LogP contribution in [0, 0.1) is 5.92 Å². The molecule has 2 aromatic rings. The van der Waals surface area contributed by atoms with Crippen LogP contribution in [0.1, 0.15) is 28.3 Å². The molecule has 0 spiro atoms. The van der Waals surface area contributed by atoms with Crippen molar-refractivity contribution in [3.05, 3.63) is 47.5 Å². The summed E-state index contributed by atoms with van der Waals surface area (Å²) in [5, 5.41) is 0. The van der Waals surface area contributed by atoms with Gasteiger partial charge >= 0.3 is 0 Å². The monoisotopic (exact) mass is 438 g/mol. The van der Waals surface area contributed by atoms with Gasteiger partial charge in [-0.05, 0) is 42.2 Å². The third kappa shape index (κ3) is 3.81. The molecule has 1 aliphatic carbocycles. The fourth-order valence-corrected chi connectivity index (χ4v) is 4.46. The third-order valence-electron chi connectivity index (χ3n) is 6.41. The van der Waals surface area contributed by atoms with Crippen molar-refractivity contribution in [2.24, 2.45) is 5.92 Å². The summed E-state index contributed by atoms with van der Waals surface area (Å²) in [5.74, 6) is 2.96. The second kappa shape index (κ2) is 8.26. The van der Waals surface area contributed by atoms with Gasteiger partial charge < -0.3 is 28.7 Å². The summed E-state index contributed by atoms with van der Waals surface area (Å²) < 4.78 is 21.4. The summed E-state index contributed by atoms with van der Waals surface area (Å²) in [5.41, 5.74) is 1.64. The average molecular weight is 438 g/mol. The normalized spacial score (nSPS) is 21.3. The number of amides is 2. The second-order valence-electron chi connectivity index (χ2n) is 8.28. The molecule has 2 aromatic carbocycles. The maximum atomic E-state index is 13.0. The van der Waals surface area contributed by atoms with Crippen LogP contribution in [0.25, 0.3) is 0 Å². The van der Waals surface area contributed by atoms with Crippen molar-refractivity contribution in [3.63, 3.8) is 0 Å². The lowest BCUT2D eigenvalue weighted by atomic mass is 10.1. The van der Waals surface area contributed by atoms with Crippen molar-refractivity contribution in [1.82, 2.24) is 9.80 Å². The summed E-state index contributed by atoms with van der Waals surface area (Å²) in [6.45, 7) is 2.33. The number of piperazine rings is 1. The Hall–Kier alpha value is -3.42. The van der Waals surface area contributed by atoms with Gasteiger partial charge in [0, 0.05) is 43.7 Å². The van der Waals surface area contributed by atoms with E-state index in [-0.39, 0.29) is 30.4 Å². The molecule has 0 N–H and O–H groups in total. The Morgan fingerprint density at radius 3 is 2.22 bits per heavy atom. The second-order valence-corrected chi connectivity index (χ2v) is 8.28. The van der Waals surface area contributed by atoms with E-state index in [1.165, 1.54) is 0 Å². The van der Waals surface area contributed by atoms with E-state index in [2.05, 4.69) is 0 Å². The zero-order chi connectivity index (χ0) is 22.2. The summed E-state index contributed by atoms with van der Waals surface area (Å²) >= 11 is 0. The number of carbonyl (C=O) groups excluding carboxylic acids is 2. The van der Waals surface area contributed by atoms with E-state index in [0.717, 1.165) is 23.5 Å². The predicted molar refractivity (Wildman–Crippen MR) is 115 cm³/mol. The summed E-state index contributed by atoms with van der Waals surface area (Å²) in [7, 11) is 3.12. The maximum Gasteiger partial charge on any atom is 0.254 e. The van der Waals surface area contributed by atoms with Crippen LogP contribution in [0.5, 0.6) is 23.0 Å². The van der Waals surface area contributed by atoms with Crippen LogP contribution < -0.4 is 18.9 Å². The van der Waals surface area contributed by atoms with Crippen molar-refractivity contribution in [3.8, 4) is 23.0 Å². The zero-order valence-corrected chi connectivity index (χ0v) is 18.2. The first-order valence-corrected chi connectivity index (χ1v) is 10.8. The molecule has 2 fully saturated rings. The van der Waals surface area contributed by atoms with Crippen molar-refractivity contribution in [2.45, 2.75) is 12.3 Å². The number of rotatable bonds is 5. The van der Waals surface area contributed by atoms with E-state index < -0.39 is 0 Å². The SMILES string of the molecule is COc1cc(OC)cc(C(=O)N2CCN(C(=O)C3CC3c3ccc4c(c3)OCO4)CC2)c1. The molecule has 0 bridgehead atoms. The molecule has 3 aliphatic rings. The molecule has 168 valence electrons. The van der Waals surface area contributed by atoms with Crippen LogP contribution in [-0.4, -0.2) is 68.8 Å². The van der Waals surface area contributed by atoms with Crippen LogP contribution in [0.2, 0.25) is 0 Å². The minimum atomic E-state index is -0.0843. The molecule has 2 heterocycles. The zero-order valence-electron chi connectivity index (χ0n) is 18.2. The molecule has 1 saturated heterocycles. The molecule has 5 rings (SSSR count). The minimum Gasteiger partial charge on any atom is -0.497 e. The number of nitrogens with zero attached hydrogens (tertiary/aromatic N) is 2. The molecule has 32 heavy (non-hydrogen) atoms. The highest BCUT2D eigenvalue weighted by Gasteiger charge is 2.46. The van der Waals surface area contributed by atoms with Gasteiger partial charge in [-0.2, -0.15) is 0 Å².